The Kier molecular flexibility index (Phi) is 4.33. The van der Waals surface area contributed by atoms with Crippen molar-refractivity contribution in [3.63, 3.8) is 0 Å². The van der Waals surface area contributed by atoms with Crippen LogP contribution >= 0.6 is 0 Å². The van der Waals surface area contributed by atoms with Gasteiger partial charge in [0.05, 0.1) is 19.1 Å². The number of furan rings is 2. The quantitative estimate of drug-likeness (QED) is 0.699. The molecule has 4 heterocycles. The molecule has 0 saturated carbocycles. The van der Waals surface area contributed by atoms with Gasteiger partial charge in [-0.1, -0.05) is 24.3 Å². The molecule has 2 aliphatic rings. The predicted molar refractivity (Wildman–Crippen MR) is 104 cm³/mol. The molecule has 0 radical (unpaired) electrons. The number of hydrogen-bond donors (Lipinski definition) is 0. The summed E-state index contributed by atoms with van der Waals surface area (Å²) in [5, 5.41) is 6.16. The largest absolute Gasteiger partial charge is 0.467 e. The van der Waals surface area contributed by atoms with Crippen molar-refractivity contribution < 1.29 is 13.6 Å². The Bertz CT molecular complexity index is 992. The van der Waals surface area contributed by atoms with E-state index in [1.54, 1.807) is 17.5 Å². The van der Waals surface area contributed by atoms with Gasteiger partial charge < -0.3 is 8.83 Å². The Morgan fingerprint density at radius 3 is 2.64 bits per heavy atom. The molecule has 0 fully saturated rings. The van der Waals surface area contributed by atoms with Crippen molar-refractivity contribution in [2.24, 2.45) is 5.10 Å². The molecule has 0 unspecified atom stereocenters. The van der Waals surface area contributed by atoms with Gasteiger partial charge in [0.25, 0.3) is 5.91 Å². The summed E-state index contributed by atoms with van der Waals surface area (Å²) in [7, 11) is 0. The smallest absolute Gasteiger partial charge is 0.257 e. The third-order valence-corrected chi connectivity index (χ3v) is 5.41. The number of carbonyl (C=O) groups is 1. The van der Waals surface area contributed by atoms with Crippen molar-refractivity contribution in [1.29, 1.82) is 0 Å². The van der Waals surface area contributed by atoms with Crippen LogP contribution < -0.4 is 0 Å². The highest BCUT2D eigenvalue weighted by molar-refractivity contribution is 6.01. The van der Waals surface area contributed by atoms with E-state index in [-0.39, 0.29) is 11.9 Å². The highest BCUT2D eigenvalue weighted by Crippen LogP contribution is 2.33. The van der Waals surface area contributed by atoms with E-state index < -0.39 is 0 Å². The summed E-state index contributed by atoms with van der Waals surface area (Å²) in [4.78, 5) is 15.3. The van der Waals surface area contributed by atoms with Crippen LogP contribution in [0, 0.1) is 0 Å². The van der Waals surface area contributed by atoms with Crippen molar-refractivity contribution >= 4 is 11.6 Å². The zero-order valence-electron chi connectivity index (χ0n) is 15.5. The molecule has 1 aromatic carbocycles. The van der Waals surface area contributed by atoms with Crippen LogP contribution in [0.25, 0.3) is 0 Å². The number of carbonyl (C=O) groups excluding carboxylic acids is 1. The number of benzene rings is 1. The average molecular weight is 375 g/mol. The van der Waals surface area contributed by atoms with Crippen LogP contribution in [-0.4, -0.2) is 34.6 Å². The second-order valence-electron chi connectivity index (χ2n) is 7.23. The summed E-state index contributed by atoms with van der Waals surface area (Å²) >= 11 is 0. The highest BCUT2D eigenvalue weighted by atomic mass is 16.3. The minimum absolute atomic E-state index is 0.0256. The number of amides is 1. The molecule has 2 aromatic heterocycles. The van der Waals surface area contributed by atoms with E-state index >= 15 is 0 Å². The molecule has 6 heteroatoms. The second kappa shape index (κ2) is 7.13. The topological polar surface area (TPSA) is 62.2 Å². The monoisotopic (exact) mass is 375 g/mol. The average Bonchev–Trinajstić information content (AvgIpc) is 3.48. The second-order valence-corrected chi connectivity index (χ2v) is 7.23. The molecule has 28 heavy (non-hydrogen) atoms. The van der Waals surface area contributed by atoms with Crippen molar-refractivity contribution in [3.05, 3.63) is 83.7 Å². The number of rotatable bonds is 4. The molecule has 1 amide bonds. The molecule has 3 aromatic rings. The van der Waals surface area contributed by atoms with E-state index in [4.69, 9.17) is 8.83 Å². The van der Waals surface area contributed by atoms with E-state index in [2.05, 4.69) is 34.3 Å². The van der Waals surface area contributed by atoms with Gasteiger partial charge in [0.2, 0.25) is 0 Å². The normalized spacial score (nSPS) is 19.5. The van der Waals surface area contributed by atoms with Gasteiger partial charge in [-0.3, -0.25) is 9.69 Å². The van der Waals surface area contributed by atoms with Crippen molar-refractivity contribution in [1.82, 2.24) is 9.91 Å². The standard InChI is InChI=1S/C22H21N3O3/c26-22(15-24-10-9-16-5-1-2-6-17(16)14-24)25-19(21-8-4-12-28-21)13-18(23-25)20-7-3-11-27-20/h1-8,11-12,19H,9-10,13-15H2/t19-/m0/s1. The van der Waals surface area contributed by atoms with Crippen LogP contribution in [0.4, 0.5) is 0 Å². The Balaban J connectivity index is 1.36. The van der Waals surface area contributed by atoms with Crippen LogP contribution in [0.2, 0.25) is 0 Å². The molecule has 0 aliphatic carbocycles. The first-order chi connectivity index (χ1) is 13.8. The van der Waals surface area contributed by atoms with Crippen LogP contribution in [0.1, 0.15) is 35.1 Å². The molecule has 0 N–H and O–H groups in total. The first-order valence-corrected chi connectivity index (χ1v) is 9.54. The minimum atomic E-state index is -0.236. The molecule has 5 rings (SSSR count). The number of nitrogens with zero attached hydrogens (tertiary/aromatic N) is 3. The third kappa shape index (κ3) is 3.16. The zero-order valence-corrected chi connectivity index (χ0v) is 15.5. The lowest BCUT2D eigenvalue weighted by Gasteiger charge is -2.30. The fraction of sp³-hybridized carbons (Fsp3) is 0.273. The maximum absolute atomic E-state index is 13.2. The van der Waals surface area contributed by atoms with Crippen molar-refractivity contribution in [3.8, 4) is 0 Å². The number of hydrazone groups is 1. The summed E-state index contributed by atoms with van der Waals surface area (Å²) in [6.45, 7) is 1.99. The van der Waals surface area contributed by atoms with Gasteiger partial charge in [-0.25, -0.2) is 5.01 Å². The van der Waals surface area contributed by atoms with Crippen LogP contribution in [0.15, 0.2) is 75.0 Å². The molecule has 142 valence electrons. The van der Waals surface area contributed by atoms with Gasteiger partial charge in [-0.05, 0) is 41.8 Å². The molecular weight excluding hydrogens is 354 g/mol. The third-order valence-electron chi connectivity index (χ3n) is 5.41. The van der Waals surface area contributed by atoms with Gasteiger partial charge in [0.1, 0.15) is 23.3 Å². The van der Waals surface area contributed by atoms with Gasteiger partial charge >= 0.3 is 0 Å². The van der Waals surface area contributed by atoms with E-state index in [9.17, 15) is 4.79 Å². The maximum atomic E-state index is 13.2. The maximum Gasteiger partial charge on any atom is 0.257 e. The van der Waals surface area contributed by atoms with E-state index in [1.807, 2.05) is 24.3 Å². The van der Waals surface area contributed by atoms with Gasteiger partial charge in [0.15, 0.2) is 0 Å². The molecule has 6 nitrogen and oxygen atoms in total. The van der Waals surface area contributed by atoms with E-state index in [1.165, 1.54) is 11.1 Å². The molecule has 2 aliphatic heterocycles. The molecule has 1 atom stereocenters. The summed E-state index contributed by atoms with van der Waals surface area (Å²) < 4.78 is 11.1. The van der Waals surface area contributed by atoms with E-state index in [0.717, 1.165) is 31.0 Å². The summed E-state index contributed by atoms with van der Waals surface area (Å²) in [6, 6.07) is 15.6. The first kappa shape index (κ1) is 17.0. The Hall–Kier alpha value is -3.12. The Labute approximate surface area is 163 Å². The van der Waals surface area contributed by atoms with Crippen molar-refractivity contribution in [2.75, 3.05) is 13.1 Å². The SMILES string of the molecule is O=C(CN1CCc2ccccc2C1)N1N=C(c2ccco2)C[C@H]1c1ccco1. The highest BCUT2D eigenvalue weighted by Gasteiger charge is 2.36. The van der Waals surface area contributed by atoms with Crippen LogP contribution in [0.3, 0.4) is 0 Å². The van der Waals surface area contributed by atoms with Gasteiger partial charge in [-0.2, -0.15) is 5.10 Å². The Morgan fingerprint density at radius 2 is 1.86 bits per heavy atom. The van der Waals surface area contributed by atoms with Crippen molar-refractivity contribution in [2.45, 2.75) is 25.4 Å². The molecule has 0 spiro atoms. The molecule has 0 bridgehead atoms. The lowest BCUT2D eigenvalue weighted by atomic mass is 10.00. The Morgan fingerprint density at radius 1 is 1.04 bits per heavy atom. The van der Waals surface area contributed by atoms with Gasteiger partial charge in [-0.15, -0.1) is 0 Å². The lowest BCUT2D eigenvalue weighted by molar-refractivity contribution is -0.134. The predicted octanol–water partition coefficient (Wildman–Crippen LogP) is 3.61. The zero-order chi connectivity index (χ0) is 18.9. The molecule has 0 saturated heterocycles. The summed E-state index contributed by atoms with van der Waals surface area (Å²) in [6.07, 6.45) is 4.79. The fourth-order valence-corrected chi connectivity index (χ4v) is 3.99. The van der Waals surface area contributed by atoms with E-state index in [0.29, 0.717) is 18.7 Å². The fourth-order valence-electron chi connectivity index (χ4n) is 3.99. The first-order valence-electron chi connectivity index (χ1n) is 9.54. The number of fused-ring (bicyclic) bond motifs is 1. The minimum Gasteiger partial charge on any atom is -0.467 e. The summed E-state index contributed by atoms with van der Waals surface area (Å²) in [5.41, 5.74) is 3.44. The summed E-state index contributed by atoms with van der Waals surface area (Å²) in [5.74, 6) is 1.41. The van der Waals surface area contributed by atoms with Crippen LogP contribution in [-0.2, 0) is 17.8 Å². The van der Waals surface area contributed by atoms with Gasteiger partial charge in [0, 0.05) is 19.5 Å². The lowest BCUT2D eigenvalue weighted by Crippen LogP contribution is -2.40. The number of hydrogen-bond acceptors (Lipinski definition) is 5. The molecular formula is C22H21N3O3. The van der Waals surface area contributed by atoms with Crippen LogP contribution in [0.5, 0.6) is 0 Å².